The largest absolute Gasteiger partial charge is 0.370 e. The van der Waals surface area contributed by atoms with Crippen LogP contribution in [0.5, 0.6) is 0 Å². The van der Waals surface area contributed by atoms with Crippen molar-refractivity contribution >= 4 is 23.3 Å². The Bertz CT molecular complexity index is 983. The van der Waals surface area contributed by atoms with Gasteiger partial charge in [0.25, 0.3) is 0 Å². The van der Waals surface area contributed by atoms with Gasteiger partial charge in [-0.15, -0.1) is 0 Å². The Morgan fingerprint density at radius 3 is 2.66 bits per heavy atom. The molecule has 6 nitrogen and oxygen atoms in total. The molecule has 1 saturated carbocycles. The van der Waals surface area contributed by atoms with Crippen LogP contribution in [0.2, 0.25) is 5.02 Å². The molecule has 0 aliphatic heterocycles. The van der Waals surface area contributed by atoms with E-state index < -0.39 is 17.5 Å². The van der Waals surface area contributed by atoms with Crippen LogP contribution in [-0.4, -0.2) is 22.7 Å². The molecule has 1 heterocycles. The van der Waals surface area contributed by atoms with E-state index in [0.29, 0.717) is 11.1 Å². The summed E-state index contributed by atoms with van der Waals surface area (Å²) in [6.45, 7) is 1.81. The summed E-state index contributed by atoms with van der Waals surface area (Å²) in [7, 11) is 0. The first kappa shape index (κ1) is 20.9. The number of amides is 1. The third-order valence-electron chi connectivity index (χ3n) is 4.87. The fraction of sp³-hybridized carbons (Fsp3) is 0.333. The molecule has 150 valence electrons. The quantitative estimate of drug-likeness (QED) is 0.644. The highest BCUT2D eigenvalue weighted by Crippen LogP contribution is 2.43. The van der Waals surface area contributed by atoms with Crippen LogP contribution in [0.25, 0.3) is 0 Å². The molecule has 0 radical (unpaired) electrons. The van der Waals surface area contributed by atoms with Crippen molar-refractivity contribution in [3.63, 3.8) is 0 Å². The lowest BCUT2D eigenvalue weighted by atomic mass is 9.95. The molecule has 0 spiro atoms. The van der Waals surface area contributed by atoms with Crippen LogP contribution in [0.15, 0.2) is 30.5 Å². The lowest BCUT2D eigenvalue weighted by molar-refractivity contribution is -0.118. The van der Waals surface area contributed by atoms with Gasteiger partial charge in [0.15, 0.2) is 0 Å². The summed E-state index contributed by atoms with van der Waals surface area (Å²) in [6.07, 6.45) is 3.22. The number of nitrogens with one attached hydrogen (secondary N) is 1. The number of carbonyl (C=O) groups excluding carboxylic acids is 2. The molecule has 1 aliphatic rings. The van der Waals surface area contributed by atoms with Gasteiger partial charge in [0.1, 0.15) is 17.6 Å². The lowest BCUT2D eigenvalue weighted by Crippen LogP contribution is -2.35. The molecule has 3 N–H and O–H groups in total. The zero-order valence-corrected chi connectivity index (χ0v) is 16.5. The number of nitrogens with zero attached hydrogens (tertiary/aromatic N) is 2. The topological polar surface area (TPSA) is 109 Å². The highest BCUT2D eigenvalue weighted by molar-refractivity contribution is 6.35. The maximum absolute atomic E-state index is 15.4. The number of hydrogen-bond acceptors (Lipinski definition) is 5. The first-order valence-corrected chi connectivity index (χ1v) is 9.62. The van der Waals surface area contributed by atoms with Crippen molar-refractivity contribution in [1.82, 2.24) is 10.3 Å². The van der Waals surface area contributed by atoms with Crippen LogP contribution in [0, 0.1) is 23.1 Å². The number of carbonyl (C=O) groups is 2. The van der Waals surface area contributed by atoms with Gasteiger partial charge in [-0.3, -0.25) is 14.6 Å². The smallest absolute Gasteiger partial charge is 0.218 e. The first-order valence-electron chi connectivity index (χ1n) is 9.25. The summed E-state index contributed by atoms with van der Waals surface area (Å²) >= 11 is 6.16. The van der Waals surface area contributed by atoms with E-state index in [1.165, 1.54) is 24.4 Å². The van der Waals surface area contributed by atoms with Gasteiger partial charge >= 0.3 is 0 Å². The number of benzene rings is 1. The van der Waals surface area contributed by atoms with Gasteiger partial charge in [-0.05, 0) is 43.9 Å². The van der Waals surface area contributed by atoms with E-state index in [9.17, 15) is 9.59 Å². The molecular weight excluding hydrogens is 395 g/mol. The van der Waals surface area contributed by atoms with E-state index >= 15 is 4.39 Å². The second-order valence-corrected chi connectivity index (χ2v) is 7.66. The molecule has 1 amide bonds. The van der Waals surface area contributed by atoms with E-state index in [1.54, 1.807) is 13.0 Å². The Morgan fingerprint density at radius 2 is 2.10 bits per heavy atom. The van der Waals surface area contributed by atoms with Gasteiger partial charge in [-0.2, -0.15) is 5.26 Å². The monoisotopic (exact) mass is 414 g/mol. The number of halogens is 2. The van der Waals surface area contributed by atoms with Crippen molar-refractivity contribution < 1.29 is 14.0 Å². The van der Waals surface area contributed by atoms with Crippen molar-refractivity contribution in [2.75, 3.05) is 0 Å². The molecule has 0 bridgehead atoms. The third-order valence-corrected chi connectivity index (χ3v) is 5.19. The van der Waals surface area contributed by atoms with Crippen molar-refractivity contribution in [3.8, 4) is 6.07 Å². The van der Waals surface area contributed by atoms with Crippen molar-refractivity contribution in [3.05, 3.63) is 63.7 Å². The number of nitrogens with two attached hydrogens (primary N) is 1. The molecule has 0 saturated heterocycles. The minimum atomic E-state index is -0.704. The van der Waals surface area contributed by atoms with Crippen molar-refractivity contribution in [2.45, 2.75) is 38.3 Å². The van der Waals surface area contributed by atoms with Gasteiger partial charge in [0.2, 0.25) is 11.7 Å². The number of aromatic nitrogens is 1. The maximum Gasteiger partial charge on any atom is 0.218 e. The third kappa shape index (κ3) is 4.78. The zero-order valence-electron chi connectivity index (χ0n) is 15.8. The lowest BCUT2D eigenvalue weighted by Gasteiger charge is -2.24. The number of nitriles is 1. The SMILES string of the molecule is C[C@@H](CC(N)=O)NC(c1ccc(Cl)c(C(=O)c2ccc(C#N)cn2)c1F)C1CC1. The zero-order chi connectivity index (χ0) is 21.1. The van der Waals surface area contributed by atoms with Crippen molar-refractivity contribution in [1.29, 1.82) is 5.26 Å². The van der Waals surface area contributed by atoms with Crippen LogP contribution in [-0.2, 0) is 4.79 Å². The number of pyridine rings is 1. The summed E-state index contributed by atoms with van der Waals surface area (Å²) in [5.41, 5.74) is 5.62. The number of primary amides is 1. The van der Waals surface area contributed by atoms with Crippen LogP contribution >= 0.6 is 11.6 Å². The molecule has 1 aromatic carbocycles. The molecule has 1 unspecified atom stereocenters. The minimum Gasteiger partial charge on any atom is -0.370 e. The summed E-state index contributed by atoms with van der Waals surface area (Å²) < 4.78 is 15.4. The second-order valence-electron chi connectivity index (χ2n) is 7.25. The summed E-state index contributed by atoms with van der Waals surface area (Å²) in [6, 6.07) is 7.18. The van der Waals surface area contributed by atoms with Crippen molar-refractivity contribution in [2.24, 2.45) is 11.7 Å². The minimum absolute atomic E-state index is 0.0000207. The van der Waals surface area contributed by atoms with Crippen LogP contribution < -0.4 is 11.1 Å². The Labute approximate surface area is 172 Å². The fourth-order valence-corrected chi connectivity index (χ4v) is 3.55. The summed E-state index contributed by atoms with van der Waals surface area (Å²) in [5.74, 6) is -1.60. The molecule has 1 fully saturated rings. The van der Waals surface area contributed by atoms with Gasteiger partial charge < -0.3 is 11.1 Å². The maximum atomic E-state index is 15.4. The van der Waals surface area contributed by atoms with Gasteiger partial charge in [-0.25, -0.2) is 4.39 Å². The van der Waals surface area contributed by atoms with E-state index in [2.05, 4.69) is 10.3 Å². The molecule has 3 rings (SSSR count). The Balaban J connectivity index is 1.95. The first-order chi connectivity index (χ1) is 13.8. The molecular formula is C21H20ClFN4O2. The average Bonchev–Trinajstić information content (AvgIpc) is 3.51. The standard InChI is InChI=1S/C21H20ClFN4O2/c1-11(8-17(25)28)27-20(13-3-4-13)14-5-6-15(22)18(19(14)23)21(29)16-7-2-12(9-24)10-26-16/h2,5-7,10-11,13,20,27H,3-4,8H2,1H3,(H2,25,28)/t11-,20?/m0/s1. The van der Waals surface area contributed by atoms with Crippen LogP contribution in [0.4, 0.5) is 4.39 Å². The van der Waals surface area contributed by atoms with Gasteiger partial charge in [0.05, 0.1) is 16.1 Å². The van der Waals surface area contributed by atoms with E-state index in [-0.39, 0.29) is 40.7 Å². The molecule has 8 heteroatoms. The van der Waals surface area contributed by atoms with E-state index in [4.69, 9.17) is 22.6 Å². The molecule has 1 aromatic heterocycles. The van der Waals surface area contributed by atoms with Gasteiger partial charge in [0, 0.05) is 30.3 Å². The number of ketones is 1. The average molecular weight is 415 g/mol. The van der Waals surface area contributed by atoms with E-state index in [0.717, 1.165) is 12.8 Å². The molecule has 1 aliphatic carbocycles. The summed E-state index contributed by atoms with van der Waals surface area (Å²) in [4.78, 5) is 28.0. The number of hydrogen-bond donors (Lipinski definition) is 2. The predicted molar refractivity (Wildman–Crippen MR) is 106 cm³/mol. The predicted octanol–water partition coefficient (Wildman–Crippen LogP) is 3.28. The van der Waals surface area contributed by atoms with Crippen LogP contribution in [0.3, 0.4) is 0 Å². The molecule has 2 atom stereocenters. The highest BCUT2D eigenvalue weighted by Gasteiger charge is 2.36. The molecule has 29 heavy (non-hydrogen) atoms. The number of rotatable bonds is 8. The summed E-state index contributed by atoms with van der Waals surface area (Å²) in [5, 5.41) is 12.1. The fourth-order valence-electron chi connectivity index (χ4n) is 3.32. The normalized spacial score (nSPS) is 15.4. The van der Waals surface area contributed by atoms with E-state index in [1.807, 2.05) is 6.07 Å². The van der Waals surface area contributed by atoms with Gasteiger partial charge in [-0.1, -0.05) is 17.7 Å². The second kappa shape index (κ2) is 8.68. The Kier molecular flexibility index (Phi) is 6.26. The van der Waals surface area contributed by atoms with Crippen LogP contribution in [0.1, 0.15) is 59.4 Å². The highest BCUT2D eigenvalue weighted by atomic mass is 35.5. The molecule has 2 aromatic rings. The Hall–Kier alpha value is -2.82. The Morgan fingerprint density at radius 1 is 1.38 bits per heavy atom.